The van der Waals surface area contributed by atoms with Crippen LogP contribution in [0.3, 0.4) is 0 Å². The monoisotopic (exact) mass is 257 g/mol. The summed E-state index contributed by atoms with van der Waals surface area (Å²) in [6.45, 7) is 3.64. The number of aliphatic hydroxyl groups excluding tert-OH is 1. The maximum atomic E-state index is 9.00. The number of hydrogen-bond acceptors (Lipinski definition) is 4. The Kier molecular flexibility index (Phi) is 4.55. The Morgan fingerprint density at radius 1 is 1.57 bits per heavy atom. The molecule has 14 heavy (non-hydrogen) atoms. The van der Waals surface area contributed by atoms with Gasteiger partial charge < -0.3 is 10.4 Å². The Morgan fingerprint density at radius 3 is 2.71 bits per heavy atom. The molecule has 0 bridgehead atoms. The fourth-order valence-electron chi connectivity index (χ4n) is 0.950. The van der Waals surface area contributed by atoms with Crippen LogP contribution in [0.1, 0.15) is 6.42 Å². The van der Waals surface area contributed by atoms with E-state index in [0.29, 0.717) is 12.4 Å². The van der Waals surface area contributed by atoms with Crippen LogP contribution >= 0.6 is 15.9 Å². The highest BCUT2D eigenvalue weighted by molar-refractivity contribution is 9.10. The van der Waals surface area contributed by atoms with Gasteiger partial charge in [-0.15, -0.1) is 6.58 Å². The van der Waals surface area contributed by atoms with Gasteiger partial charge in [0.05, 0.1) is 17.1 Å². The van der Waals surface area contributed by atoms with Gasteiger partial charge >= 0.3 is 0 Å². The van der Waals surface area contributed by atoms with Crippen LogP contribution in [-0.4, -0.2) is 27.7 Å². The van der Waals surface area contributed by atoms with Gasteiger partial charge in [-0.3, -0.25) is 0 Å². The van der Waals surface area contributed by atoms with Crippen molar-refractivity contribution in [3.63, 3.8) is 0 Å². The van der Waals surface area contributed by atoms with Crippen molar-refractivity contribution in [1.29, 1.82) is 0 Å². The highest BCUT2D eigenvalue weighted by Crippen LogP contribution is 2.08. The van der Waals surface area contributed by atoms with Gasteiger partial charge in [0.1, 0.15) is 0 Å². The van der Waals surface area contributed by atoms with Crippen LogP contribution in [0, 0.1) is 0 Å². The first-order chi connectivity index (χ1) is 6.76. The summed E-state index contributed by atoms with van der Waals surface area (Å²) in [5.74, 6) is 0.508. The van der Waals surface area contributed by atoms with Crippen molar-refractivity contribution in [2.24, 2.45) is 0 Å². The second-order valence-corrected chi connectivity index (χ2v) is 3.69. The Bertz CT molecular complexity index is 289. The van der Waals surface area contributed by atoms with Gasteiger partial charge in [0.15, 0.2) is 0 Å². The molecule has 76 valence electrons. The first-order valence-electron chi connectivity index (χ1n) is 4.22. The molecule has 0 radical (unpaired) electrons. The van der Waals surface area contributed by atoms with Crippen molar-refractivity contribution < 1.29 is 5.11 Å². The molecule has 2 N–H and O–H groups in total. The topological polar surface area (TPSA) is 58.0 Å². The smallest absolute Gasteiger partial charge is 0.222 e. The SMILES string of the molecule is C=CC[C@@H](CO)Nc1ncc(Br)cn1. The van der Waals surface area contributed by atoms with Crippen molar-refractivity contribution in [2.45, 2.75) is 12.5 Å². The van der Waals surface area contributed by atoms with Crippen LogP contribution in [-0.2, 0) is 0 Å². The van der Waals surface area contributed by atoms with E-state index in [1.54, 1.807) is 18.5 Å². The van der Waals surface area contributed by atoms with Crippen molar-refractivity contribution in [2.75, 3.05) is 11.9 Å². The lowest BCUT2D eigenvalue weighted by Gasteiger charge is -2.13. The minimum absolute atomic E-state index is 0.0332. The third-order valence-electron chi connectivity index (χ3n) is 1.63. The Labute approximate surface area is 91.2 Å². The largest absolute Gasteiger partial charge is 0.394 e. The summed E-state index contributed by atoms with van der Waals surface area (Å²) in [6, 6.07) is -0.0753. The third-order valence-corrected chi connectivity index (χ3v) is 2.03. The van der Waals surface area contributed by atoms with Gasteiger partial charge in [0.25, 0.3) is 0 Å². The summed E-state index contributed by atoms with van der Waals surface area (Å²) in [7, 11) is 0. The number of nitrogens with one attached hydrogen (secondary N) is 1. The van der Waals surface area contributed by atoms with Crippen LogP contribution in [0.15, 0.2) is 29.5 Å². The molecule has 0 saturated carbocycles. The number of aliphatic hydroxyl groups is 1. The second kappa shape index (κ2) is 5.72. The van der Waals surface area contributed by atoms with Gasteiger partial charge in [0.2, 0.25) is 5.95 Å². The Morgan fingerprint density at radius 2 is 2.21 bits per heavy atom. The Hall–Kier alpha value is -0.940. The summed E-state index contributed by atoms with van der Waals surface area (Å²) in [5, 5.41) is 12.0. The van der Waals surface area contributed by atoms with Crippen LogP contribution in [0.2, 0.25) is 0 Å². The van der Waals surface area contributed by atoms with E-state index in [1.807, 2.05) is 0 Å². The fraction of sp³-hybridized carbons (Fsp3) is 0.333. The molecule has 1 aromatic rings. The molecule has 0 aliphatic heterocycles. The van der Waals surface area contributed by atoms with Gasteiger partial charge in [-0.25, -0.2) is 9.97 Å². The van der Waals surface area contributed by atoms with Gasteiger partial charge in [-0.1, -0.05) is 6.08 Å². The molecule has 5 heteroatoms. The van der Waals surface area contributed by atoms with Gasteiger partial charge in [-0.05, 0) is 22.4 Å². The Balaban J connectivity index is 2.57. The van der Waals surface area contributed by atoms with Crippen LogP contribution in [0.4, 0.5) is 5.95 Å². The number of halogens is 1. The van der Waals surface area contributed by atoms with E-state index in [-0.39, 0.29) is 12.6 Å². The summed E-state index contributed by atoms with van der Waals surface area (Å²) >= 11 is 3.24. The van der Waals surface area contributed by atoms with E-state index < -0.39 is 0 Å². The predicted octanol–water partition coefficient (Wildman–Crippen LogP) is 1.59. The number of anilines is 1. The lowest BCUT2D eigenvalue weighted by molar-refractivity contribution is 0.274. The highest BCUT2D eigenvalue weighted by Gasteiger charge is 2.05. The van der Waals surface area contributed by atoms with E-state index in [1.165, 1.54) is 0 Å². The van der Waals surface area contributed by atoms with Crippen LogP contribution in [0.25, 0.3) is 0 Å². The van der Waals surface area contributed by atoms with Crippen LogP contribution in [0.5, 0.6) is 0 Å². The molecule has 0 saturated heterocycles. The average molecular weight is 258 g/mol. The van der Waals surface area contributed by atoms with E-state index in [4.69, 9.17) is 5.11 Å². The summed E-state index contributed by atoms with van der Waals surface area (Å²) in [4.78, 5) is 8.07. The zero-order valence-corrected chi connectivity index (χ0v) is 9.24. The summed E-state index contributed by atoms with van der Waals surface area (Å²) in [5.41, 5.74) is 0. The zero-order valence-electron chi connectivity index (χ0n) is 7.65. The fourth-order valence-corrected chi connectivity index (χ4v) is 1.15. The number of aromatic nitrogens is 2. The minimum Gasteiger partial charge on any atom is -0.394 e. The molecule has 0 unspecified atom stereocenters. The van der Waals surface area contributed by atoms with Crippen LogP contribution < -0.4 is 5.32 Å². The van der Waals surface area contributed by atoms with E-state index >= 15 is 0 Å². The third kappa shape index (κ3) is 3.43. The summed E-state index contributed by atoms with van der Waals surface area (Å²) < 4.78 is 0.826. The van der Waals surface area contributed by atoms with E-state index in [2.05, 4.69) is 37.8 Å². The number of rotatable bonds is 5. The van der Waals surface area contributed by atoms with Crippen molar-refractivity contribution >= 4 is 21.9 Å². The van der Waals surface area contributed by atoms with Gasteiger partial charge in [-0.2, -0.15) is 0 Å². The van der Waals surface area contributed by atoms with Gasteiger partial charge in [0, 0.05) is 12.4 Å². The average Bonchev–Trinajstić information content (AvgIpc) is 2.20. The molecule has 1 rings (SSSR count). The van der Waals surface area contributed by atoms with Crippen molar-refractivity contribution in [3.8, 4) is 0 Å². The highest BCUT2D eigenvalue weighted by atomic mass is 79.9. The first kappa shape index (κ1) is 11.1. The molecule has 0 fully saturated rings. The predicted molar refractivity (Wildman–Crippen MR) is 59.0 cm³/mol. The minimum atomic E-state index is -0.0753. The normalized spacial score (nSPS) is 12.1. The molecule has 0 spiro atoms. The van der Waals surface area contributed by atoms with Crippen molar-refractivity contribution in [1.82, 2.24) is 9.97 Å². The standard InChI is InChI=1S/C9H12BrN3O/c1-2-3-8(6-14)13-9-11-4-7(10)5-12-9/h2,4-5,8,14H,1,3,6H2,(H,11,12,13)/t8-/m0/s1. The van der Waals surface area contributed by atoms with E-state index in [9.17, 15) is 0 Å². The van der Waals surface area contributed by atoms with Crippen molar-refractivity contribution in [3.05, 3.63) is 29.5 Å². The molecule has 0 aromatic carbocycles. The molecular weight excluding hydrogens is 246 g/mol. The molecule has 1 heterocycles. The second-order valence-electron chi connectivity index (χ2n) is 2.77. The quantitative estimate of drug-likeness (QED) is 0.787. The molecular formula is C9H12BrN3O. The molecule has 4 nitrogen and oxygen atoms in total. The number of hydrogen-bond donors (Lipinski definition) is 2. The lowest BCUT2D eigenvalue weighted by Crippen LogP contribution is -2.24. The van der Waals surface area contributed by atoms with E-state index in [0.717, 1.165) is 4.47 Å². The zero-order chi connectivity index (χ0) is 10.4. The molecule has 0 aliphatic rings. The summed E-state index contributed by atoms with van der Waals surface area (Å²) in [6.07, 6.45) is 5.72. The lowest BCUT2D eigenvalue weighted by atomic mass is 10.2. The molecule has 1 atom stereocenters. The molecule has 0 aliphatic carbocycles. The maximum absolute atomic E-state index is 9.00. The first-order valence-corrected chi connectivity index (χ1v) is 5.01. The number of nitrogens with zero attached hydrogens (tertiary/aromatic N) is 2. The maximum Gasteiger partial charge on any atom is 0.222 e. The molecule has 1 aromatic heterocycles. The molecule has 0 amide bonds.